The average Bonchev–Trinajstić information content (AvgIpc) is 2.32. The Kier molecular flexibility index (Phi) is 4.39. The first-order valence-corrected chi connectivity index (χ1v) is 7.08. The van der Waals surface area contributed by atoms with Crippen LogP contribution in [0.1, 0.15) is 64.7 Å². The number of Topliss-reactive ketones (excluding diaryl/α,β-unsaturated/α-hetero) is 1. The Morgan fingerprint density at radius 3 is 2.62 bits per heavy atom. The molecule has 1 saturated heterocycles. The summed E-state index contributed by atoms with van der Waals surface area (Å²) in [6.45, 7) is 3.57. The second-order valence-corrected chi connectivity index (χ2v) is 5.45. The third-order valence-corrected chi connectivity index (χ3v) is 4.28. The minimum Gasteiger partial charge on any atom is -0.300 e. The van der Waals surface area contributed by atoms with Gasteiger partial charge in [-0.25, -0.2) is 0 Å². The molecule has 92 valence electrons. The van der Waals surface area contributed by atoms with E-state index in [1.165, 1.54) is 38.6 Å². The van der Waals surface area contributed by atoms with Crippen molar-refractivity contribution in [3.63, 3.8) is 0 Å². The first-order chi connectivity index (χ1) is 7.81. The summed E-state index contributed by atoms with van der Waals surface area (Å²) in [5.74, 6) is 0.486. The van der Waals surface area contributed by atoms with E-state index in [1.807, 2.05) is 0 Å². The normalized spacial score (nSPS) is 29.6. The number of ketones is 1. The van der Waals surface area contributed by atoms with Gasteiger partial charge >= 0.3 is 0 Å². The molecule has 0 N–H and O–H groups in total. The molecule has 2 fully saturated rings. The van der Waals surface area contributed by atoms with E-state index in [-0.39, 0.29) is 0 Å². The van der Waals surface area contributed by atoms with E-state index in [0.29, 0.717) is 5.78 Å². The standard InChI is InChI=1S/C14H25NO/c1-2-5-12-6-3-4-11-15(12)13-7-9-14(16)10-8-13/h12-13H,2-11H2,1H3. The van der Waals surface area contributed by atoms with E-state index in [0.717, 1.165) is 37.8 Å². The van der Waals surface area contributed by atoms with Crippen LogP contribution in [0.15, 0.2) is 0 Å². The molecule has 1 unspecified atom stereocenters. The van der Waals surface area contributed by atoms with Gasteiger partial charge in [-0.05, 0) is 38.6 Å². The fourth-order valence-corrected chi connectivity index (χ4v) is 3.40. The van der Waals surface area contributed by atoms with Gasteiger partial charge in [0.05, 0.1) is 0 Å². The smallest absolute Gasteiger partial charge is 0.133 e. The van der Waals surface area contributed by atoms with E-state index in [4.69, 9.17) is 0 Å². The lowest BCUT2D eigenvalue weighted by Crippen LogP contribution is -2.47. The molecule has 1 atom stereocenters. The minimum absolute atomic E-state index is 0.486. The lowest BCUT2D eigenvalue weighted by Gasteiger charge is -2.42. The van der Waals surface area contributed by atoms with Gasteiger partial charge in [0.25, 0.3) is 0 Å². The zero-order chi connectivity index (χ0) is 11.4. The van der Waals surface area contributed by atoms with Crippen LogP contribution in [-0.2, 0) is 4.79 Å². The SMILES string of the molecule is CCCC1CCCCN1C1CCC(=O)CC1. The van der Waals surface area contributed by atoms with Crippen molar-refractivity contribution in [2.24, 2.45) is 0 Å². The molecule has 16 heavy (non-hydrogen) atoms. The molecule has 1 aliphatic heterocycles. The highest BCUT2D eigenvalue weighted by Gasteiger charge is 2.30. The lowest BCUT2D eigenvalue weighted by atomic mass is 9.88. The third-order valence-electron chi connectivity index (χ3n) is 4.28. The molecule has 0 bridgehead atoms. The quantitative estimate of drug-likeness (QED) is 0.732. The lowest BCUT2D eigenvalue weighted by molar-refractivity contribution is -0.121. The van der Waals surface area contributed by atoms with Crippen molar-refractivity contribution in [3.8, 4) is 0 Å². The van der Waals surface area contributed by atoms with E-state index >= 15 is 0 Å². The first kappa shape index (κ1) is 12.1. The van der Waals surface area contributed by atoms with Crippen LogP contribution < -0.4 is 0 Å². The molecule has 2 nitrogen and oxygen atoms in total. The molecule has 0 spiro atoms. The van der Waals surface area contributed by atoms with E-state index in [9.17, 15) is 4.79 Å². The molecule has 0 radical (unpaired) electrons. The monoisotopic (exact) mass is 223 g/mol. The number of hydrogen-bond donors (Lipinski definition) is 0. The summed E-state index contributed by atoms with van der Waals surface area (Å²) in [5.41, 5.74) is 0. The van der Waals surface area contributed by atoms with Gasteiger partial charge in [-0.1, -0.05) is 19.8 Å². The number of piperidine rings is 1. The maximum atomic E-state index is 11.3. The van der Waals surface area contributed by atoms with Crippen LogP contribution in [0.3, 0.4) is 0 Å². The summed E-state index contributed by atoms with van der Waals surface area (Å²) in [6.07, 6.45) is 10.7. The van der Waals surface area contributed by atoms with Gasteiger partial charge in [-0.3, -0.25) is 9.69 Å². The highest BCUT2D eigenvalue weighted by molar-refractivity contribution is 5.79. The van der Waals surface area contributed by atoms with Crippen LogP contribution in [0.2, 0.25) is 0 Å². The Balaban J connectivity index is 1.91. The average molecular weight is 223 g/mol. The largest absolute Gasteiger partial charge is 0.300 e. The number of carbonyl (C=O) groups is 1. The second-order valence-electron chi connectivity index (χ2n) is 5.45. The summed E-state index contributed by atoms with van der Waals surface area (Å²) in [5, 5.41) is 0. The molecule has 0 aromatic carbocycles. The summed E-state index contributed by atoms with van der Waals surface area (Å²) in [6, 6.07) is 1.53. The van der Waals surface area contributed by atoms with E-state index < -0.39 is 0 Å². The fraction of sp³-hybridized carbons (Fsp3) is 0.929. The van der Waals surface area contributed by atoms with Gasteiger partial charge in [0, 0.05) is 24.9 Å². The number of nitrogens with zero attached hydrogens (tertiary/aromatic N) is 1. The minimum atomic E-state index is 0.486. The fourth-order valence-electron chi connectivity index (χ4n) is 3.40. The van der Waals surface area contributed by atoms with Crippen LogP contribution in [0, 0.1) is 0 Å². The van der Waals surface area contributed by atoms with Gasteiger partial charge in [0.15, 0.2) is 0 Å². The zero-order valence-electron chi connectivity index (χ0n) is 10.6. The second kappa shape index (κ2) is 5.81. The van der Waals surface area contributed by atoms with Gasteiger partial charge in [0.1, 0.15) is 5.78 Å². The van der Waals surface area contributed by atoms with Crippen molar-refractivity contribution in [1.82, 2.24) is 4.90 Å². The molecule has 0 amide bonds. The van der Waals surface area contributed by atoms with Crippen LogP contribution in [0.5, 0.6) is 0 Å². The van der Waals surface area contributed by atoms with Crippen molar-refractivity contribution in [3.05, 3.63) is 0 Å². The maximum Gasteiger partial charge on any atom is 0.133 e. The van der Waals surface area contributed by atoms with E-state index in [1.54, 1.807) is 0 Å². The summed E-state index contributed by atoms with van der Waals surface area (Å²) in [7, 11) is 0. The van der Waals surface area contributed by atoms with Crippen LogP contribution in [0.4, 0.5) is 0 Å². The first-order valence-electron chi connectivity index (χ1n) is 7.08. The topological polar surface area (TPSA) is 20.3 Å². The number of rotatable bonds is 3. The predicted molar refractivity (Wildman–Crippen MR) is 66.5 cm³/mol. The van der Waals surface area contributed by atoms with Crippen LogP contribution in [0.25, 0.3) is 0 Å². The predicted octanol–water partition coefficient (Wildman–Crippen LogP) is 3.15. The number of hydrogen-bond acceptors (Lipinski definition) is 2. The Morgan fingerprint density at radius 2 is 1.94 bits per heavy atom. The van der Waals surface area contributed by atoms with Crippen molar-refractivity contribution in [2.75, 3.05) is 6.54 Å². The summed E-state index contributed by atoms with van der Waals surface area (Å²) in [4.78, 5) is 14.0. The highest BCUT2D eigenvalue weighted by atomic mass is 16.1. The van der Waals surface area contributed by atoms with Gasteiger partial charge < -0.3 is 0 Å². The van der Waals surface area contributed by atoms with Crippen molar-refractivity contribution < 1.29 is 4.79 Å². The molecule has 1 saturated carbocycles. The molecular weight excluding hydrogens is 198 g/mol. The van der Waals surface area contributed by atoms with Crippen LogP contribution >= 0.6 is 0 Å². The summed E-state index contributed by atoms with van der Waals surface area (Å²) < 4.78 is 0. The maximum absolute atomic E-state index is 11.3. The van der Waals surface area contributed by atoms with E-state index in [2.05, 4.69) is 11.8 Å². The molecule has 2 aliphatic rings. The van der Waals surface area contributed by atoms with Crippen molar-refractivity contribution >= 4 is 5.78 Å². The molecule has 2 rings (SSSR count). The molecule has 2 heteroatoms. The van der Waals surface area contributed by atoms with Gasteiger partial charge in [-0.2, -0.15) is 0 Å². The molecule has 0 aromatic heterocycles. The Morgan fingerprint density at radius 1 is 1.19 bits per heavy atom. The van der Waals surface area contributed by atoms with Crippen molar-refractivity contribution in [1.29, 1.82) is 0 Å². The van der Waals surface area contributed by atoms with Gasteiger partial charge in [0.2, 0.25) is 0 Å². The van der Waals surface area contributed by atoms with Gasteiger partial charge in [-0.15, -0.1) is 0 Å². The third kappa shape index (κ3) is 2.85. The zero-order valence-corrected chi connectivity index (χ0v) is 10.6. The Bertz CT molecular complexity index is 227. The van der Waals surface area contributed by atoms with Crippen LogP contribution in [-0.4, -0.2) is 29.3 Å². The molecule has 0 aromatic rings. The molecule has 1 heterocycles. The number of likely N-dealkylation sites (tertiary alicyclic amines) is 1. The molecule has 1 aliphatic carbocycles. The molecular formula is C14H25NO. The van der Waals surface area contributed by atoms with Crippen molar-refractivity contribution in [2.45, 2.75) is 76.8 Å². The highest BCUT2D eigenvalue weighted by Crippen LogP contribution is 2.29. The Hall–Kier alpha value is -0.370. The number of carbonyl (C=O) groups excluding carboxylic acids is 1. The summed E-state index contributed by atoms with van der Waals surface area (Å²) >= 11 is 0. The Labute approximate surface area is 99.4 Å².